The molecular formula is C16H24N2O7S2. The van der Waals surface area contributed by atoms with E-state index in [0.717, 1.165) is 12.7 Å². The number of morpholine rings is 1. The average molecular weight is 421 g/mol. The standard InChI is InChI=1S/C16H24N2O7S2/c1-3-13-10-25-6-5-18(13)14-8-12(11-26(2,21)22)9-15(17-14)27(23,24)7-4-16(19)20/h8-9,13H,3-7,10-11H2,1-2H3,(H,19,20)/t13-/m0/s1. The van der Waals surface area contributed by atoms with E-state index < -0.39 is 37.8 Å². The highest BCUT2D eigenvalue weighted by atomic mass is 32.2. The molecule has 9 nitrogen and oxygen atoms in total. The number of nitrogens with zero attached hydrogens (tertiary/aromatic N) is 2. The molecule has 1 aliphatic heterocycles. The van der Waals surface area contributed by atoms with E-state index in [1.165, 1.54) is 6.07 Å². The summed E-state index contributed by atoms with van der Waals surface area (Å²) in [6.45, 7) is 3.39. The van der Waals surface area contributed by atoms with Crippen molar-refractivity contribution in [3.8, 4) is 0 Å². The maximum Gasteiger partial charge on any atom is 0.304 e. The number of hydrogen-bond donors (Lipinski definition) is 1. The maximum absolute atomic E-state index is 12.5. The molecule has 0 aromatic carbocycles. The SMILES string of the molecule is CC[C@H]1COCCN1c1cc(CS(C)(=O)=O)cc(S(=O)(=O)CCC(=O)O)n1. The Kier molecular flexibility index (Phi) is 6.82. The first-order chi connectivity index (χ1) is 12.5. The predicted molar refractivity (Wildman–Crippen MR) is 99.3 cm³/mol. The van der Waals surface area contributed by atoms with Gasteiger partial charge in [0.25, 0.3) is 0 Å². The first-order valence-corrected chi connectivity index (χ1v) is 12.2. The van der Waals surface area contributed by atoms with E-state index in [-0.39, 0.29) is 16.8 Å². The lowest BCUT2D eigenvalue weighted by atomic mass is 10.1. The number of rotatable bonds is 8. The monoisotopic (exact) mass is 420 g/mol. The second kappa shape index (κ2) is 8.53. The van der Waals surface area contributed by atoms with Crippen LogP contribution in [-0.2, 0) is 35.0 Å². The summed E-state index contributed by atoms with van der Waals surface area (Å²) in [5.41, 5.74) is 0.303. The van der Waals surface area contributed by atoms with E-state index in [4.69, 9.17) is 9.84 Å². The van der Waals surface area contributed by atoms with Crippen molar-refractivity contribution in [2.75, 3.05) is 36.7 Å². The summed E-state index contributed by atoms with van der Waals surface area (Å²) >= 11 is 0. The van der Waals surface area contributed by atoms with Crippen LogP contribution in [0.15, 0.2) is 17.2 Å². The van der Waals surface area contributed by atoms with Crippen LogP contribution in [0.4, 0.5) is 5.82 Å². The predicted octanol–water partition coefficient (Wildman–Crippen LogP) is 0.490. The van der Waals surface area contributed by atoms with Crippen molar-refractivity contribution in [3.05, 3.63) is 17.7 Å². The smallest absolute Gasteiger partial charge is 0.304 e. The normalized spacial score (nSPS) is 18.4. The number of sulfone groups is 2. The highest BCUT2D eigenvalue weighted by Crippen LogP contribution is 2.24. The summed E-state index contributed by atoms with van der Waals surface area (Å²) in [6, 6.07) is 2.78. The highest BCUT2D eigenvalue weighted by Gasteiger charge is 2.26. The van der Waals surface area contributed by atoms with Crippen molar-refractivity contribution in [1.29, 1.82) is 0 Å². The highest BCUT2D eigenvalue weighted by molar-refractivity contribution is 7.91. The number of carboxylic acids is 1. The largest absolute Gasteiger partial charge is 0.481 e. The van der Waals surface area contributed by atoms with Gasteiger partial charge in [-0.15, -0.1) is 0 Å². The fourth-order valence-corrected chi connectivity index (χ4v) is 4.85. The Balaban J connectivity index is 2.49. The molecule has 11 heteroatoms. The summed E-state index contributed by atoms with van der Waals surface area (Å²) in [7, 11) is -7.36. The minimum Gasteiger partial charge on any atom is -0.481 e. The van der Waals surface area contributed by atoms with Crippen LogP contribution in [0.2, 0.25) is 0 Å². The molecule has 1 atom stereocenters. The molecule has 1 fully saturated rings. The van der Waals surface area contributed by atoms with Gasteiger partial charge in [-0.25, -0.2) is 21.8 Å². The molecule has 0 bridgehead atoms. The molecular weight excluding hydrogens is 396 g/mol. The van der Waals surface area contributed by atoms with Gasteiger partial charge in [0.05, 0.1) is 37.2 Å². The van der Waals surface area contributed by atoms with E-state index in [9.17, 15) is 21.6 Å². The fraction of sp³-hybridized carbons (Fsp3) is 0.625. The van der Waals surface area contributed by atoms with Crippen LogP contribution in [0, 0.1) is 0 Å². The van der Waals surface area contributed by atoms with Gasteiger partial charge in [0.2, 0.25) is 0 Å². The van der Waals surface area contributed by atoms with Gasteiger partial charge in [0.1, 0.15) is 5.82 Å². The summed E-state index contributed by atoms with van der Waals surface area (Å²) in [4.78, 5) is 16.9. The first-order valence-electron chi connectivity index (χ1n) is 8.49. The molecule has 0 saturated carbocycles. The Morgan fingerprint density at radius 3 is 2.63 bits per heavy atom. The van der Waals surface area contributed by atoms with E-state index >= 15 is 0 Å². The lowest BCUT2D eigenvalue weighted by Crippen LogP contribution is -2.45. The number of ether oxygens (including phenoxy) is 1. The molecule has 1 aliphatic rings. The Hall–Kier alpha value is -1.72. The number of pyridine rings is 1. The van der Waals surface area contributed by atoms with Gasteiger partial charge in [-0.3, -0.25) is 4.79 Å². The quantitative estimate of drug-likeness (QED) is 0.638. The van der Waals surface area contributed by atoms with Gasteiger partial charge >= 0.3 is 5.97 Å². The topological polar surface area (TPSA) is 131 Å². The van der Waals surface area contributed by atoms with Gasteiger partial charge in [-0.05, 0) is 24.1 Å². The van der Waals surface area contributed by atoms with Crippen molar-refractivity contribution < 1.29 is 31.5 Å². The molecule has 0 radical (unpaired) electrons. The third-order valence-corrected chi connectivity index (χ3v) is 6.62. The van der Waals surface area contributed by atoms with Gasteiger partial charge in [-0.1, -0.05) is 6.92 Å². The van der Waals surface area contributed by atoms with Crippen molar-refractivity contribution in [2.24, 2.45) is 0 Å². The molecule has 0 amide bonds. The summed E-state index contributed by atoms with van der Waals surface area (Å²) in [6.07, 6.45) is 1.26. The molecule has 2 rings (SSSR count). The van der Waals surface area contributed by atoms with Gasteiger partial charge in [0.15, 0.2) is 24.7 Å². The third kappa shape index (κ3) is 6.15. The van der Waals surface area contributed by atoms with E-state index in [1.807, 2.05) is 11.8 Å². The molecule has 1 saturated heterocycles. The fourth-order valence-electron chi connectivity index (χ4n) is 2.86. The number of carboxylic acid groups (broad SMARTS) is 1. The first kappa shape index (κ1) is 21.6. The maximum atomic E-state index is 12.5. The molecule has 1 aromatic rings. The van der Waals surface area contributed by atoms with Gasteiger partial charge in [-0.2, -0.15) is 0 Å². The zero-order valence-electron chi connectivity index (χ0n) is 15.3. The molecule has 0 spiro atoms. The van der Waals surface area contributed by atoms with Crippen LogP contribution in [0.5, 0.6) is 0 Å². The minimum absolute atomic E-state index is 0.00527. The van der Waals surface area contributed by atoms with Gasteiger partial charge in [0, 0.05) is 12.8 Å². The van der Waals surface area contributed by atoms with Crippen LogP contribution in [0.25, 0.3) is 0 Å². The van der Waals surface area contributed by atoms with Crippen LogP contribution >= 0.6 is 0 Å². The Morgan fingerprint density at radius 1 is 1.33 bits per heavy atom. The van der Waals surface area contributed by atoms with Crippen molar-refractivity contribution >= 4 is 31.5 Å². The van der Waals surface area contributed by atoms with E-state index in [2.05, 4.69) is 4.98 Å². The number of carbonyl (C=O) groups is 1. The van der Waals surface area contributed by atoms with Crippen LogP contribution in [-0.4, -0.2) is 70.7 Å². The Morgan fingerprint density at radius 2 is 2.04 bits per heavy atom. The van der Waals surface area contributed by atoms with Crippen LogP contribution in [0.1, 0.15) is 25.3 Å². The second-order valence-corrected chi connectivity index (χ2v) is 10.7. The van der Waals surface area contributed by atoms with E-state index in [1.54, 1.807) is 6.07 Å². The lowest BCUT2D eigenvalue weighted by Gasteiger charge is -2.36. The zero-order valence-corrected chi connectivity index (χ0v) is 16.9. The van der Waals surface area contributed by atoms with Crippen molar-refractivity contribution in [2.45, 2.75) is 36.6 Å². The molecule has 1 N–H and O–H groups in total. The number of aromatic nitrogens is 1. The summed E-state index contributed by atoms with van der Waals surface area (Å²) < 4.78 is 53.9. The third-order valence-electron chi connectivity index (χ3n) is 4.17. The molecule has 0 unspecified atom stereocenters. The van der Waals surface area contributed by atoms with Crippen molar-refractivity contribution in [1.82, 2.24) is 4.98 Å². The average Bonchev–Trinajstić information content (AvgIpc) is 2.58. The number of hydrogen-bond acceptors (Lipinski definition) is 8. The molecule has 27 heavy (non-hydrogen) atoms. The molecule has 2 heterocycles. The van der Waals surface area contributed by atoms with Crippen LogP contribution in [0.3, 0.4) is 0 Å². The lowest BCUT2D eigenvalue weighted by molar-refractivity contribution is -0.136. The summed E-state index contributed by atoms with van der Waals surface area (Å²) in [5, 5.41) is 8.47. The summed E-state index contributed by atoms with van der Waals surface area (Å²) in [5.74, 6) is -1.80. The zero-order chi connectivity index (χ0) is 20.2. The number of anilines is 1. The number of aliphatic carboxylic acids is 1. The van der Waals surface area contributed by atoms with E-state index in [0.29, 0.717) is 31.1 Å². The molecule has 1 aromatic heterocycles. The van der Waals surface area contributed by atoms with Gasteiger partial charge < -0.3 is 14.7 Å². The molecule has 0 aliphatic carbocycles. The Bertz CT molecular complexity index is 897. The van der Waals surface area contributed by atoms with Crippen molar-refractivity contribution in [3.63, 3.8) is 0 Å². The molecule has 152 valence electrons. The van der Waals surface area contributed by atoms with Crippen LogP contribution < -0.4 is 4.90 Å². The minimum atomic E-state index is -3.96. The Labute approximate surface area is 159 Å². The second-order valence-electron chi connectivity index (χ2n) is 6.53.